The first-order valence-electron chi connectivity index (χ1n) is 8.92. The summed E-state index contributed by atoms with van der Waals surface area (Å²) in [5.74, 6) is 0. The predicted octanol–water partition coefficient (Wildman–Crippen LogP) is 2.95. The zero-order chi connectivity index (χ0) is 17.8. The van der Waals surface area contributed by atoms with Crippen molar-refractivity contribution in [3.05, 3.63) is 44.0 Å². The van der Waals surface area contributed by atoms with Gasteiger partial charge in [-0.25, -0.2) is 0 Å². The first-order chi connectivity index (χ1) is 12.0. The molecule has 0 saturated carbocycles. The molecule has 2 aliphatic heterocycles. The highest BCUT2D eigenvalue weighted by Gasteiger charge is 2.27. The number of hydrogen-bond acceptors (Lipinski definition) is 6. The first-order valence-corrected chi connectivity index (χ1v) is 8.92. The van der Waals surface area contributed by atoms with Crippen LogP contribution >= 0.6 is 0 Å². The lowest BCUT2D eigenvalue weighted by Crippen LogP contribution is -2.46. The summed E-state index contributed by atoms with van der Waals surface area (Å²) in [6, 6.07) is 4.87. The second-order valence-electron chi connectivity index (χ2n) is 6.94. The maximum atomic E-state index is 11.1. The molecule has 0 amide bonds. The van der Waals surface area contributed by atoms with Crippen LogP contribution in [-0.4, -0.2) is 51.9 Å². The molecular formula is C17H24N4O4. The summed E-state index contributed by atoms with van der Waals surface area (Å²) >= 11 is 0. The number of benzene rings is 1. The number of hydrogen-bond donors (Lipinski definition) is 0. The molecule has 0 aromatic heterocycles. The highest BCUT2D eigenvalue weighted by atomic mass is 16.6. The summed E-state index contributed by atoms with van der Waals surface area (Å²) in [7, 11) is 0. The van der Waals surface area contributed by atoms with Crippen LogP contribution in [0.3, 0.4) is 0 Å². The van der Waals surface area contributed by atoms with E-state index in [4.69, 9.17) is 0 Å². The second-order valence-corrected chi connectivity index (χ2v) is 6.94. The zero-order valence-corrected chi connectivity index (χ0v) is 14.3. The van der Waals surface area contributed by atoms with Crippen LogP contribution in [0.2, 0.25) is 0 Å². The zero-order valence-electron chi connectivity index (χ0n) is 14.3. The normalized spacial score (nSPS) is 20.5. The van der Waals surface area contributed by atoms with Gasteiger partial charge in [0.05, 0.1) is 9.85 Å². The van der Waals surface area contributed by atoms with Gasteiger partial charge in [0.1, 0.15) is 0 Å². The van der Waals surface area contributed by atoms with Gasteiger partial charge in [-0.15, -0.1) is 0 Å². The second kappa shape index (κ2) is 7.88. The first kappa shape index (κ1) is 17.8. The summed E-state index contributed by atoms with van der Waals surface area (Å²) in [6.45, 7) is 4.95. The van der Waals surface area contributed by atoms with Crippen molar-refractivity contribution in [3.8, 4) is 0 Å². The van der Waals surface area contributed by atoms with Crippen molar-refractivity contribution in [3.63, 3.8) is 0 Å². The van der Waals surface area contributed by atoms with Gasteiger partial charge in [-0.2, -0.15) is 0 Å². The van der Waals surface area contributed by atoms with Crippen molar-refractivity contribution >= 4 is 11.4 Å². The van der Waals surface area contributed by atoms with Gasteiger partial charge in [0.25, 0.3) is 0 Å². The van der Waals surface area contributed by atoms with Crippen LogP contribution in [0.1, 0.15) is 37.7 Å². The highest BCUT2D eigenvalue weighted by molar-refractivity contribution is 5.54. The summed E-state index contributed by atoms with van der Waals surface area (Å²) < 4.78 is 0. The van der Waals surface area contributed by atoms with Gasteiger partial charge in [-0.3, -0.25) is 25.1 Å². The third-order valence-electron chi connectivity index (χ3n) is 5.30. The van der Waals surface area contributed by atoms with Gasteiger partial charge in [0.15, 0.2) is 0 Å². The monoisotopic (exact) mass is 348 g/mol. The molecule has 0 atom stereocenters. The molecule has 25 heavy (non-hydrogen) atoms. The molecule has 8 nitrogen and oxygen atoms in total. The molecule has 0 unspecified atom stereocenters. The van der Waals surface area contributed by atoms with Crippen LogP contribution in [0, 0.1) is 20.2 Å². The van der Waals surface area contributed by atoms with Crippen LogP contribution in [0.15, 0.2) is 18.2 Å². The Morgan fingerprint density at radius 1 is 0.920 bits per heavy atom. The molecule has 1 aromatic carbocycles. The van der Waals surface area contributed by atoms with Crippen molar-refractivity contribution in [2.45, 2.75) is 44.7 Å². The maximum Gasteiger partial charge on any atom is 0.346 e. The lowest BCUT2D eigenvalue weighted by Gasteiger charge is -2.40. The Kier molecular flexibility index (Phi) is 5.60. The molecule has 0 N–H and O–H groups in total. The summed E-state index contributed by atoms with van der Waals surface area (Å²) in [5.41, 5.74) is -0.114. The predicted molar refractivity (Wildman–Crippen MR) is 93.5 cm³/mol. The van der Waals surface area contributed by atoms with Crippen LogP contribution in [0.5, 0.6) is 0 Å². The molecule has 2 fully saturated rings. The lowest BCUT2D eigenvalue weighted by molar-refractivity contribution is -0.422. The molecule has 3 rings (SSSR count). The number of nitrogens with zero attached hydrogens (tertiary/aromatic N) is 4. The van der Waals surface area contributed by atoms with Gasteiger partial charge in [-0.05, 0) is 57.4 Å². The topological polar surface area (TPSA) is 92.8 Å². The SMILES string of the molecule is O=[N+]([O-])c1ccc(CN2CCC(N3CCCCC3)CC2)cc1[N+](=O)[O-]. The van der Waals surface area contributed by atoms with Crippen LogP contribution in [-0.2, 0) is 6.54 Å². The van der Waals surface area contributed by atoms with Gasteiger partial charge in [0, 0.05) is 24.7 Å². The maximum absolute atomic E-state index is 11.1. The minimum Gasteiger partial charge on any atom is -0.300 e. The summed E-state index contributed by atoms with van der Waals surface area (Å²) in [6.07, 6.45) is 6.18. The van der Waals surface area contributed by atoms with Gasteiger partial charge < -0.3 is 4.90 Å². The number of rotatable bonds is 5. The molecule has 136 valence electrons. The smallest absolute Gasteiger partial charge is 0.300 e. The molecular weight excluding hydrogens is 324 g/mol. The van der Waals surface area contributed by atoms with E-state index in [-0.39, 0.29) is 0 Å². The number of nitro benzene ring substituents is 2. The Bertz CT molecular complexity index is 638. The van der Waals surface area contributed by atoms with Gasteiger partial charge >= 0.3 is 11.4 Å². The molecule has 0 spiro atoms. The van der Waals surface area contributed by atoms with Gasteiger partial charge in [0.2, 0.25) is 0 Å². The summed E-state index contributed by atoms with van der Waals surface area (Å²) in [4.78, 5) is 25.5. The van der Waals surface area contributed by atoms with E-state index < -0.39 is 21.2 Å². The molecule has 2 heterocycles. The third-order valence-corrected chi connectivity index (χ3v) is 5.30. The molecule has 0 bridgehead atoms. The fourth-order valence-electron chi connectivity index (χ4n) is 3.95. The Morgan fingerprint density at radius 3 is 2.16 bits per heavy atom. The number of likely N-dealkylation sites (tertiary alicyclic amines) is 2. The number of nitro groups is 2. The Labute approximate surface area is 146 Å². The molecule has 2 aliphatic rings. The van der Waals surface area contributed by atoms with E-state index in [2.05, 4.69) is 9.80 Å². The average molecular weight is 348 g/mol. The Morgan fingerprint density at radius 2 is 1.56 bits per heavy atom. The molecule has 2 saturated heterocycles. The van der Waals surface area contributed by atoms with Crippen molar-refractivity contribution < 1.29 is 9.85 Å². The van der Waals surface area contributed by atoms with Crippen LogP contribution in [0.4, 0.5) is 11.4 Å². The van der Waals surface area contributed by atoms with E-state index in [9.17, 15) is 20.2 Å². The quantitative estimate of drug-likeness (QED) is 0.600. The fraction of sp³-hybridized carbons (Fsp3) is 0.647. The largest absolute Gasteiger partial charge is 0.346 e. The van der Waals surface area contributed by atoms with Crippen molar-refractivity contribution in [2.24, 2.45) is 0 Å². The third kappa shape index (κ3) is 4.32. The fourth-order valence-corrected chi connectivity index (χ4v) is 3.95. The van der Waals surface area contributed by atoms with E-state index in [1.54, 1.807) is 6.07 Å². The standard InChI is InChI=1S/C17H24N4O4/c22-20(23)16-5-4-14(12-17(16)21(24)25)13-18-10-6-15(7-11-18)19-8-2-1-3-9-19/h4-5,12,15H,1-3,6-11,13H2. The number of piperidine rings is 2. The highest BCUT2D eigenvalue weighted by Crippen LogP contribution is 2.29. The van der Waals surface area contributed by atoms with E-state index in [1.165, 1.54) is 44.5 Å². The Balaban J connectivity index is 1.59. The van der Waals surface area contributed by atoms with Crippen molar-refractivity contribution in [1.82, 2.24) is 9.80 Å². The minimum atomic E-state index is -0.702. The molecule has 8 heteroatoms. The minimum absolute atomic E-state index is 0.425. The van der Waals surface area contributed by atoms with Crippen LogP contribution in [0.25, 0.3) is 0 Å². The van der Waals surface area contributed by atoms with E-state index in [0.29, 0.717) is 12.6 Å². The van der Waals surface area contributed by atoms with Crippen molar-refractivity contribution in [2.75, 3.05) is 26.2 Å². The lowest BCUT2D eigenvalue weighted by atomic mass is 9.99. The molecule has 0 radical (unpaired) electrons. The summed E-state index contributed by atoms with van der Waals surface area (Å²) in [5, 5.41) is 22.0. The van der Waals surface area contributed by atoms with Crippen molar-refractivity contribution in [1.29, 1.82) is 0 Å². The molecule has 0 aliphatic carbocycles. The van der Waals surface area contributed by atoms with Crippen LogP contribution < -0.4 is 0 Å². The van der Waals surface area contributed by atoms with E-state index in [1.807, 2.05) is 0 Å². The van der Waals surface area contributed by atoms with E-state index in [0.717, 1.165) is 31.5 Å². The Hall–Kier alpha value is -2.06. The average Bonchev–Trinajstić information content (AvgIpc) is 2.63. The van der Waals surface area contributed by atoms with E-state index >= 15 is 0 Å². The van der Waals surface area contributed by atoms with Gasteiger partial charge in [-0.1, -0.05) is 12.5 Å². The molecule has 1 aromatic rings.